The molecule has 0 radical (unpaired) electrons. The highest BCUT2D eigenvalue weighted by molar-refractivity contribution is 7.76. The van der Waals surface area contributed by atoms with Gasteiger partial charge in [-0.25, -0.2) is 15.4 Å². The van der Waals surface area contributed by atoms with Gasteiger partial charge in [-0.15, -0.1) is 0 Å². The lowest BCUT2D eigenvalue weighted by molar-refractivity contribution is -0.0000221. The summed E-state index contributed by atoms with van der Waals surface area (Å²) in [5.74, 6) is 0.890. The summed E-state index contributed by atoms with van der Waals surface area (Å²) in [6.07, 6.45) is 5.11. The number of hydrogen-bond acceptors (Lipinski definition) is 6. The molecule has 8 nitrogen and oxygen atoms in total. The molecule has 1 spiro atoms. The molecule has 2 fully saturated rings. The van der Waals surface area contributed by atoms with E-state index in [9.17, 15) is 8.76 Å². The molecule has 1 aliphatic heterocycles. The SMILES string of the molecule is CNN(C1CC2(C1)CN(c1ncnc3c(Cl)cn(C)c13)C2)S(=O)[O-]. The summed E-state index contributed by atoms with van der Waals surface area (Å²) in [7, 11) is 3.56. The van der Waals surface area contributed by atoms with E-state index in [2.05, 4.69) is 20.3 Å². The minimum Gasteiger partial charge on any atom is -0.759 e. The number of anilines is 1. The average molecular weight is 370 g/mol. The summed E-state index contributed by atoms with van der Waals surface area (Å²) in [5.41, 5.74) is 4.62. The van der Waals surface area contributed by atoms with Gasteiger partial charge < -0.3 is 14.0 Å². The maximum Gasteiger partial charge on any atom is 0.156 e. The van der Waals surface area contributed by atoms with Gasteiger partial charge in [0.25, 0.3) is 0 Å². The van der Waals surface area contributed by atoms with Crippen LogP contribution >= 0.6 is 11.6 Å². The van der Waals surface area contributed by atoms with Crippen LogP contribution in [-0.4, -0.2) is 53.9 Å². The van der Waals surface area contributed by atoms with Gasteiger partial charge in [0.05, 0.1) is 5.02 Å². The van der Waals surface area contributed by atoms with Crippen molar-refractivity contribution in [1.29, 1.82) is 0 Å². The first kappa shape index (κ1) is 16.2. The van der Waals surface area contributed by atoms with E-state index in [0.29, 0.717) is 5.02 Å². The molecule has 2 aliphatic rings. The second kappa shape index (κ2) is 5.63. The van der Waals surface area contributed by atoms with E-state index in [4.69, 9.17) is 11.6 Å². The van der Waals surface area contributed by atoms with E-state index in [1.807, 2.05) is 17.8 Å². The van der Waals surface area contributed by atoms with Crippen molar-refractivity contribution in [2.24, 2.45) is 12.5 Å². The van der Waals surface area contributed by atoms with E-state index in [1.165, 1.54) is 4.41 Å². The zero-order valence-corrected chi connectivity index (χ0v) is 15.0. The number of aromatic nitrogens is 3. The Balaban J connectivity index is 1.49. The summed E-state index contributed by atoms with van der Waals surface area (Å²) in [4.78, 5) is 10.9. The van der Waals surface area contributed by atoms with E-state index in [1.54, 1.807) is 13.4 Å². The molecule has 1 aliphatic carbocycles. The predicted molar refractivity (Wildman–Crippen MR) is 91.0 cm³/mol. The Hall–Kier alpha value is -1.26. The fourth-order valence-electron chi connectivity index (χ4n) is 4.05. The molecule has 2 aromatic rings. The van der Waals surface area contributed by atoms with Gasteiger partial charge in [-0.3, -0.25) is 4.21 Å². The lowest BCUT2D eigenvalue weighted by atomic mass is 9.61. The monoisotopic (exact) mass is 369 g/mol. The minimum absolute atomic E-state index is 0.0328. The predicted octanol–water partition coefficient (Wildman–Crippen LogP) is 0.821. The number of halogens is 1. The topological polar surface area (TPSA) is 89.3 Å². The van der Waals surface area contributed by atoms with Crippen LogP contribution in [0.2, 0.25) is 5.02 Å². The van der Waals surface area contributed by atoms with E-state index < -0.39 is 11.3 Å². The second-order valence-corrected chi connectivity index (χ2v) is 7.90. The fourth-order valence-corrected chi connectivity index (χ4v) is 4.88. The molecule has 1 saturated heterocycles. The summed E-state index contributed by atoms with van der Waals surface area (Å²) in [5, 5.41) is 0.623. The van der Waals surface area contributed by atoms with Crippen LogP contribution in [0.4, 0.5) is 5.82 Å². The molecule has 0 amide bonds. The van der Waals surface area contributed by atoms with Crippen molar-refractivity contribution in [3.63, 3.8) is 0 Å². The maximum atomic E-state index is 11.2. The van der Waals surface area contributed by atoms with Crippen LogP contribution in [0.1, 0.15) is 12.8 Å². The molecule has 10 heteroatoms. The zero-order chi connectivity index (χ0) is 17.1. The van der Waals surface area contributed by atoms with Crippen LogP contribution in [0.3, 0.4) is 0 Å². The molecular formula is C14H18ClN6O2S-. The number of rotatable bonds is 4. The van der Waals surface area contributed by atoms with Gasteiger partial charge >= 0.3 is 0 Å². The van der Waals surface area contributed by atoms with E-state index in [-0.39, 0.29) is 11.5 Å². The van der Waals surface area contributed by atoms with Crippen LogP contribution in [0.15, 0.2) is 12.5 Å². The average Bonchev–Trinajstić information content (AvgIpc) is 2.75. The van der Waals surface area contributed by atoms with Gasteiger partial charge in [-0.05, 0) is 19.9 Å². The normalized spacial score (nSPS) is 21.3. The number of nitrogens with zero attached hydrogens (tertiary/aromatic N) is 5. The molecule has 1 saturated carbocycles. The number of hydrazine groups is 1. The molecular weight excluding hydrogens is 352 g/mol. The third-order valence-electron chi connectivity index (χ3n) is 5.09. The summed E-state index contributed by atoms with van der Waals surface area (Å²) in [6, 6.07) is 0.0328. The molecule has 0 bridgehead atoms. The first-order valence-electron chi connectivity index (χ1n) is 7.70. The van der Waals surface area contributed by atoms with Gasteiger partial charge in [-0.1, -0.05) is 11.6 Å². The van der Waals surface area contributed by atoms with Crippen LogP contribution in [-0.2, 0) is 18.3 Å². The van der Waals surface area contributed by atoms with Gasteiger partial charge in [0.1, 0.15) is 17.4 Å². The third kappa shape index (κ3) is 2.34. The second-order valence-electron chi connectivity index (χ2n) is 6.67. The smallest absolute Gasteiger partial charge is 0.156 e. The van der Waals surface area contributed by atoms with E-state index in [0.717, 1.165) is 42.8 Å². The zero-order valence-electron chi connectivity index (χ0n) is 13.4. The van der Waals surface area contributed by atoms with Crippen molar-refractivity contribution in [1.82, 2.24) is 24.4 Å². The van der Waals surface area contributed by atoms with Gasteiger partial charge in [0.15, 0.2) is 5.82 Å². The molecule has 2 aromatic heterocycles. The van der Waals surface area contributed by atoms with Crippen molar-refractivity contribution in [3.8, 4) is 0 Å². The Bertz CT molecular complexity index is 813. The van der Waals surface area contributed by atoms with Gasteiger partial charge in [0, 0.05) is 49.1 Å². The highest BCUT2D eigenvalue weighted by Crippen LogP contribution is 2.51. The summed E-state index contributed by atoms with van der Waals surface area (Å²) >= 11 is 3.97. The molecule has 24 heavy (non-hydrogen) atoms. The quantitative estimate of drug-likeness (QED) is 0.634. The molecule has 4 rings (SSSR count). The Morgan fingerprint density at radius 1 is 1.46 bits per heavy atom. The Morgan fingerprint density at radius 2 is 2.17 bits per heavy atom. The molecule has 130 valence electrons. The highest BCUT2D eigenvalue weighted by atomic mass is 35.5. The molecule has 0 aromatic carbocycles. The Kier molecular flexibility index (Phi) is 3.81. The van der Waals surface area contributed by atoms with Crippen molar-refractivity contribution in [3.05, 3.63) is 17.5 Å². The first-order chi connectivity index (χ1) is 11.4. The van der Waals surface area contributed by atoms with Crippen molar-refractivity contribution in [2.75, 3.05) is 25.0 Å². The number of nitrogens with one attached hydrogen (secondary N) is 1. The third-order valence-corrected chi connectivity index (χ3v) is 6.17. The fraction of sp³-hybridized carbons (Fsp3) is 0.571. The molecule has 1 atom stereocenters. The number of fused-ring (bicyclic) bond motifs is 1. The molecule has 1 unspecified atom stereocenters. The van der Waals surface area contributed by atoms with Crippen LogP contribution < -0.4 is 10.3 Å². The highest BCUT2D eigenvalue weighted by Gasteiger charge is 2.54. The molecule has 1 N–H and O–H groups in total. The lowest BCUT2D eigenvalue weighted by Gasteiger charge is -2.61. The van der Waals surface area contributed by atoms with Gasteiger partial charge in [0.2, 0.25) is 0 Å². The maximum absolute atomic E-state index is 11.2. The largest absolute Gasteiger partial charge is 0.759 e. The lowest BCUT2D eigenvalue weighted by Crippen LogP contribution is -2.68. The van der Waals surface area contributed by atoms with Crippen LogP contribution in [0.25, 0.3) is 11.0 Å². The van der Waals surface area contributed by atoms with Crippen LogP contribution in [0.5, 0.6) is 0 Å². The van der Waals surface area contributed by atoms with Gasteiger partial charge in [-0.2, -0.15) is 4.41 Å². The Labute approximate surface area is 147 Å². The Morgan fingerprint density at radius 3 is 2.79 bits per heavy atom. The molecule has 3 heterocycles. The minimum atomic E-state index is -2.24. The van der Waals surface area contributed by atoms with Crippen molar-refractivity contribution >= 4 is 39.7 Å². The number of aryl methyl sites for hydroxylation is 1. The first-order valence-corrected chi connectivity index (χ1v) is 9.11. The number of hydrogen-bond donors (Lipinski definition) is 1. The summed E-state index contributed by atoms with van der Waals surface area (Å²) in [6.45, 7) is 1.75. The van der Waals surface area contributed by atoms with Crippen molar-refractivity contribution in [2.45, 2.75) is 18.9 Å². The summed E-state index contributed by atoms with van der Waals surface area (Å²) < 4.78 is 25.6. The van der Waals surface area contributed by atoms with Crippen LogP contribution in [0, 0.1) is 5.41 Å². The van der Waals surface area contributed by atoms with E-state index >= 15 is 0 Å². The standard InChI is InChI=1S/C14H19ClN6O2S/c1-16-21(24(22)23)9-3-14(4-9)6-20(7-14)13-12-11(17-8-18-13)10(15)5-19(12)2/h5,8-9,16H,3-4,6-7H2,1-2H3,(H,22,23)/p-1. The van der Waals surface area contributed by atoms with Crippen molar-refractivity contribution < 1.29 is 8.76 Å².